The number of urea groups is 1. The van der Waals surface area contributed by atoms with Crippen LogP contribution in [0.3, 0.4) is 0 Å². The normalized spacial score (nSPS) is 10.0. The quantitative estimate of drug-likeness (QED) is 0.391. The SMILES string of the molecule is N#Cc1cccc(NC(=O)Nc2nnc(SCC(=O)NCc3ccncc3)s2)c1. The second-order valence-corrected chi connectivity index (χ2v) is 7.77. The minimum Gasteiger partial charge on any atom is -0.351 e. The van der Waals surface area contributed by atoms with Gasteiger partial charge in [0.05, 0.1) is 17.4 Å². The van der Waals surface area contributed by atoms with Crippen molar-refractivity contribution in [1.82, 2.24) is 20.5 Å². The van der Waals surface area contributed by atoms with E-state index >= 15 is 0 Å². The molecule has 2 heterocycles. The van der Waals surface area contributed by atoms with Crippen molar-refractivity contribution < 1.29 is 9.59 Å². The lowest BCUT2D eigenvalue weighted by molar-refractivity contribution is -0.118. The molecule has 0 saturated heterocycles. The first kappa shape index (κ1) is 20.2. The van der Waals surface area contributed by atoms with E-state index in [1.165, 1.54) is 11.8 Å². The van der Waals surface area contributed by atoms with Crippen LogP contribution in [0.15, 0.2) is 53.1 Å². The number of carbonyl (C=O) groups is 2. The predicted octanol–water partition coefficient (Wildman–Crippen LogP) is 2.86. The summed E-state index contributed by atoms with van der Waals surface area (Å²) >= 11 is 2.40. The average Bonchev–Trinajstić information content (AvgIpc) is 3.18. The van der Waals surface area contributed by atoms with E-state index in [4.69, 9.17) is 5.26 Å². The van der Waals surface area contributed by atoms with E-state index in [1.807, 2.05) is 18.2 Å². The van der Waals surface area contributed by atoms with E-state index in [-0.39, 0.29) is 11.7 Å². The summed E-state index contributed by atoms with van der Waals surface area (Å²) in [6.45, 7) is 0.429. The maximum atomic E-state index is 12.0. The number of pyridine rings is 1. The molecule has 0 bridgehead atoms. The number of benzene rings is 1. The second-order valence-electron chi connectivity index (χ2n) is 5.57. The fourth-order valence-electron chi connectivity index (χ4n) is 2.12. The van der Waals surface area contributed by atoms with Crippen molar-refractivity contribution in [3.8, 4) is 6.07 Å². The molecule has 0 aliphatic heterocycles. The molecule has 0 atom stereocenters. The van der Waals surface area contributed by atoms with Crippen LogP contribution in [-0.2, 0) is 11.3 Å². The number of hydrogen-bond donors (Lipinski definition) is 3. The lowest BCUT2D eigenvalue weighted by Crippen LogP contribution is -2.24. The minimum atomic E-state index is -0.497. The highest BCUT2D eigenvalue weighted by Gasteiger charge is 2.11. The zero-order valence-electron chi connectivity index (χ0n) is 15.0. The van der Waals surface area contributed by atoms with Crippen molar-refractivity contribution in [2.24, 2.45) is 0 Å². The molecule has 3 rings (SSSR count). The van der Waals surface area contributed by atoms with E-state index in [0.717, 1.165) is 16.9 Å². The molecular weight excluding hydrogens is 410 g/mol. The van der Waals surface area contributed by atoms with Crippen LogP contribution in [0.1, 0.15) is 11.1 Å². The van der Waals surface area contributed by atoms with Crippen LogP contribution in [-0.4, -0.2) is 32.9 Å². The van der Waals surface area contributed by atoms with Crippen LogP contribution in [0.25, 0.3) is 0 Å². The lowest BCUT2D eigenvalue weighted by Gasteiger charge is -2.05. The smallest absolute Gasteiger partial charge is 0.325 e. The van der Waals surface area contributed by atoms with Crippen LogP contribution in [0, 0.1) is 11.3 Å². The number of anilines is 2. The summed E-state index contributed by atoms with van der Waals surface area (Å²) in [7, 11) is 0. The first-order chi connectivity index (χ1) is 14.1. The third kappa shape index (κ3) is 6.56. The predicted molar refractivity (Wildman–Crippen MR) is 111 cm³/mol. The molecule has 0 aliphatic carbocycles. The Bertz CT molecular complexity index is 1030. The van der Waals surface area contributed by atoms with Crippen LogP contribution in [0.4, 0.5) is 15.6 Å². The highest BCUT2D eigenvalue weighted by atomic mass is 32.2. The molecule has 0 unspecified atom stereocenters. The van der Waals surface area contributed by atoms with E-state index in [0.29, 0.717) is 27.3 Å². The third-order valence-electron chi connectivity index (χ3n) is 3.44. The topological polar surface area (TPSA) is 133 Å². The maximum Gasteiger partial charge on any atom is 0.325 e. The van der Waals surface area contributed by atoms with Crippen molar-refractivity contribution in [3.63, 3.8) is 0 Å². The van der Waals surface area contributed by atoms with Gasteiger partial charge in [-0.05, 0) is 35.9 Å². The number of rotatable bonds is 7. The van der Waals surface area contributed by atoms with Gasteiger partial charge < -0.3 is 10.6 Å². The Morgan fingerprint density at radius 3 is 2.76 bits per heavy atom. The molecule has 2 aromatic heterocycles. The number of aromatic nitrogens is 3. The van der Waals surface area contributed by atoms with Crippen molar-refractivity contribution in [1.29, 1.82) is 5.26 Å². The van der Waals surface area contributed by atoms with Crippen molar-refractivity contribution >= 4 is 45.9 Å². The molecular formula is C18H15N7O2S2. The van der Waals surface area contributed by atoms with E-state index < -0.39 is 6.03 Å². The van der Waals surface area contributed by atoms with E-state index in [9.17, 15) is 9.59 Å². The number of amides is 3. The van der Waals surface area contributed by atoms with Gasteiger partial charge in [0, 0.05) is 24.6 Å². The van der Waals surface area contributed by atoms with Gasteiger partial charge in [0.15, 0.2) is 4.34 Å². The van der Waals surface area contributed by atoms with Gasteiger partial charge in [0.2, 0.25) is 11.0 Å². The molecule has 3 N–H and O–H groups in total. The molecule has 1 aromatic carbocycles. The summed E-state index contributed by atoms with van der Waals surface area (Å²) in [4.78, 5) is 27.9. The van der Waals surface area contributed by atoms with Crippen LogP contribution < -0.4 is 16.0 Å². The Labute approximate surface area is 174 Å². The van der Waals surface area contributed by atoms with Crippen molar-refractivity contribution in [2.45, 2.75) is 10.9 Å². The summed E-state index contributed by atoms with van der Waals surface area (Å²) < 4.78 is 0.561. The number of thioether (sulfide) groups is 1. The van der Waals surface area contributed by atoms with Crippen molar-refractivity contribution in [2.75, 3.05) is 16.4 Å². The molecule has 9 nitrogen and oxygen atoms in total. The number of carbonyl (C=O) groups excluding carboxylic acids is 2. The Hall–Kier alpha value is -3.49. The van der Waals surface area contributed by atoms with Crippen LogP contribution >= 0.6 is 23.1 Å². The first-order valence-corrected chi connectivity index (χ1v) is 10.1. The summed E-state index contributed by atoms with van der Waals surface area (Å²) in [5.74, 6) is 0.0546. The molecule has 0 aliphatic rings. The highest BCUT2D eigenvalue weighted by Crippen LogP contribution is 2.25. The van der Waals surface area contributed by atoms with Gasteiger partial charge in [-0.1, -0.05) is 29.2 Å². The third-order valence-corrected chi connectivity index (χ3v) is 5.41. The highest BCUT2D eigenvalue weighted by molar-refractivity contribution is 8.01. The zero-order valence-corrected chi connectivity index (χ0v) is 16.6. The number of nitrogens with one attached hydrogen (secondary N) is 3. The summed E-state index contributed by atoms with van der Waals surface area (Å²) in [6, 6.07) is 11.7. The fraction of sp³-hybridized carbons (Fsp3) is 0.111. The molecule has 29 heavy (non-hydrogen) atoms. The molecule has 11 heteroatoms. The molecule has 0 spiro atoms. The molecule has 0 radical (unpaired) electrons. The van der Waals surface area contributed by atoms with Crippen molar-refractivity contribution in [3.05, 3.63) is 59.9 Å². The maximum absolute atomic E-state index is 12.0. The summed E-state index contributed by atoms with van der Waals surface area (Å²) in [6.07, 6.45) is 3.34. The van der Waals surface area contributed by atoms with Crippen LogP contribution in [0.2, 0.25) is 0 Å². The first-order valence-electron chi connectivity index (χ1n) is 8.32. The van der Waals surface area contributed by atoms with E-state index in [2.05, 4.69) is 31.1 Å². The standard InChI is InChI=1S/C18H15N7O2S2/c19-9-13-2-1-3-14(8-13)22-16(27)23-17-24-25-18(29-17)28-11-15(26)21-10-12-4-6-20-7-5-12/h1-8H,10-11H2,(H,21,26)(H2,22,23,24,27). The largest absolute Gasteiger partial charge is 0.351 e. The molecule has 3 amide bonds. The Morgan fingerprint density at radius 2 is 1.97 bits per heavy atom. The summed E-state index contributed by atoms with van der Waals surface area (Å²) in [5.41, 5.74) is 1.90. The van der Waals surface area contributed by atoms with Gasteiger partial charge in [0.25, 0.3) is 0 Å². The minimum absolute atomic E-state index is 0.133. The lowest BCUT2D eigenvalue weighted by atomic mass is 10.2. The molecule has 0 saturated carbocycles. The van der Waals surface area contributed by atoms with E-state index in [1.54, 1.807) is 36.7 Å². The van der Waals surface area contributed by atoms with Gasteiger partial charge in [-0.3, -0.25) is 15.1 Å². The average molecular weight is 425 g/mol. The van der Waals surface area contributed by atoms with Gasteiger partial charge in [0.1, 0.15) is 0 Å². The van der Waals surface area contributed by atoms with Gasteiger partial charge in [-0.25, -0.2) is 4.79 Å². The molecule has 3 aromatic rings. The summed E-state index contributed by atoms with van der Waals surface area (Å²) in [5, 5.41) is 25.0. The van der Waals surface area contributed by atoms with Gasteiger partial charge >= 0.3 is 6.03 Å². The second kappa shape index (κ2) is 10.2. The monoisotopic (exact) mass is 425 g/mol. The van der Waals surface area contributed by atoms with Gasteiger partial charge in [-0.15, -0.1) is 10.2 Å². The zero-order chi connectivity index (χ0) is 20.5. The Kier molecular flexibility index (Phi) is 7.10. The Balaban J connectivity index is 1.43. The number of nitrogens with zero attached hydrogens (tertiary/aromatic N) is 4. The van der Waals surface area contributed by atoms with Crippen LogP contribution in [0.5, 0.6) is 0 Å². The molecule has 146 valence electrons. The number of nitriles is 1. The molecule has 0 fully saturated rings. The van der Waals surface area contributed by atoms with Gasteiger partial charge in [-0.2, -0.15) is 5.26 Å². The number of hydrogen-bond acceptors (Lipinski definition) is 8. The Morgan fingerprint density at radius 1 is 1.14 bits per heavy atom. The fourth-order valence-corrected chi connectivity index (χ4v) is 3.70.